The summed E-state index contributed by atoms with van der Waals surface area (Å²) in [6.07, 6.45) is 0. The minimum absolute atomic E-state index is 0.138. The van der Waals surface area contributed by atoms with Crippen LogP contribution >= 0.6 is 0 Å². The van der Waals surface area contributed by atoms with Crippen molar-refractivity contribution in [2.45, 2.75) is 0 Å². The number of carboxylic acids is 1. The minimum Gasteiger partial charge on any atom is -0.508 e. The molecule has 0 fully saturated rings. The first kappa shape index (κ1) is 12.0. The number of phenolic OH excluding ortho intramolecular Hbond substituents is 1. The van der Waals surface area contributed by atoms with E-state index in [1.807, 2.05) is 18.2 Å². The van der Waals surface area contributed by atoms with Crippen LogP contribution in [0.3, 0.4) is 0 Å². The van der Waals surface area contributed by atoms with Gasteiger partial charge in [-0.05, 0) is 24.3 Å². The number of fused-ring (bicyclic) bond motifs is 1. The van der Waals surface area contributed by atoms with Gasteiger partial charge in [0, 0.05) is 0 Å². The first-order valence-electron chi connectivity index (χ1n) is 5.80. The van der Waals surface area contributed by atoms with E-state index in [1.165, 1.54) is 6.07 Å². The summed E-state index contributed by atoms with van der Waals surface area (Å²) in [4.78, 5) is 18.3. The van der Waals surface area contributed by atoms with Gasteiger partial charge in [0.1, 0.15) is 22.9 Å². The lowest BCUT2D eigenvalue weighted by Crippen LogP contribution is -1.98. The summed E-state index contributed by atoms with van der Waals surface area (Å²) < 4.78 is 0. The smallest absolute Gasteiger partial charge is 0.339 e. The summed E-state index contributed by atoms with van der Waals surface area (Å²) in [5.41, 5.74) is 1.20. The second-order valence-electron chi connectivity index (χ2n) is 4.30. The number of aromatic carboxylic acids is 1. The zero-order valence-electron chi connectivity index (χ0n) is 10.2. The van der Waals surface area contributed by atoms with Crippen LogP contribution in [0.1, 0.15) is 10.4 Å². The molecule has 6 heteroatoms. The summed E-state index contributed by atoms with van der Waals surface area (Å²) in [5.74, 6) is -1.72. The highest BCUT2D eigenvalue weighted by atomic mass is 16.4. The quantitative estimate of drug-likeness (QED) is 0.535. The molecule has 0 saturated heterocycles. The van der Waals surface area contributed by atoms with Crippen LogP contribution < -0.4 is 0 Å². The average molecular weight is 270 g/mol. The number of hydrogen-bond acceptors (Lipinski definition) is 4. The molecule has 1 heterocycles. The molecular formula is C14H10N2O4. The number of carbonyl (C=O) groups is 1. The molecule has 0 unspecified atom stereocenters. The van der Waals surface area contributed by atoms with Crippen LogP contribution in [-0.4, -0.2) is 31.3 Å². The summed E-state index contributed by atoms with van der Waals surface area (Å²) >= 11 is 0. The number of imidazole rings is 1. The van der Waals surface area contributed by atoms with Crippen molar-refractivity contribution in [2.24, 2.45) is 0 Å². The number of phenols is 2. The van der Waals surface area contributed by atoms with Crippen LogP contribution in [0.25, 0.3) is 22.4 Å². The van der Waals surface area contributed by atoms with Crippen LogP contribution in [0.5, 0.6) is 11.5 Å². The Kier molecular flexibility index (Phi) is 2.57. The Bertz CT molecular complexity index is 790. The van der Waals surface area contributed by atoms with Crippen molar-refractivity contribution in [3.8, 4) is 22.9 Å². The van der Waals surface area contributed by atoms with Gasteiger partial charge in [-0.25, -0.2) is 9.78 Å². The van der Waals surface area contributed by atoms with E-state index in [4.69, 9.17) is 5.11 Å². The Morgan fingerprint density at radius 3 is 2.60 bits per heavy atom. The number of rotatable bonds is 2. The second kappa shape index (κ2) is 4.27. The lowest BCUT2D eigenvalue weighted by Gasteiger charge is -2.06. The van der Waals surface area contributed by atoms with Gasteiger partial charge in [0.15, 0.2) is 0 Å². The number of nitrogens with one attached hydrogen (secondary N) is 1. The van der Waals surface area contributed by atoms with Crippen LogP contribution in [0.4, 0.5) is 0 Å². The van der Waals surface area contributed by atoms with E-state index in [9.17, 15) is 15.0 Å². The Balaban J connectivity index is 2.25. The predicted molar refractivity (Wildman–Crippen MR) is 71.8 cm³/mol. The zero-order valence-corrected chi connectivity index (χ0v) is 10.2. The number of carboxylic acid groups (broad SMARTS) is 1. The molecule has 0 aliphatic rings. The maximum absolute atomic E-state index is 11.0. The third-order valence-corrected chi connectivity index (χ3v) is 2.97. The molecule has 0 spiro atoms. The van der Waals surface area contributed by atoms with Gasteiger partial charge in [-0.2, -0.15) is 0 Å². The zero-order chi connectivity index (χ0) is 14.3. The lowest BCUT2D eigenvalue weighted by atomic mass is 10.1. The van der Waals surface area contributed by atoms with Crippen molar-refractivity contribution in [3.05, 3.63) is 42.0 Å². The van der Waals surface area contributed by atoms with E-state index in [1.54, 1.807) is 6.07 Å². The highest BCUT2D eigenvalue weighted by Gasteiger charge is 2.18. The third kappa shape index (κ3) is 1.83. The van der Waals surface area contributed by atoms with Crippen molar-refractivity contribution < 1.29 is 20.1 Å². The molecule has 0 radical (unpaired) electrons. The summed E-state index contributed by atoms with van der Waals surface area (Å²) in [7, 11) is 0. The van der Waals surface area contributed by atoms with Crippen LogP contribution in [0.2, 0.25) is 0 Å². The van der Waals surface area contributed by atoms with Crippen molar-refractivity contribution in [1.29, 1.82) is 0 Å². The molecule has 0 aliphatic heterocycles. The number of benzene rings is 2. The number of H-pyrrole nitrogens is 1. The van der Waals surface area contributed by atoms with E-state index < -0.39 is 11.7 Å². The summed E-state index contributed by atoms with van der Waals surface area (Å²) in [5, 5.41) is 28.6. The monoisotopic (exact) mass is 270 g/mol. The standard InChI is InChI=1S/C14H10N2O4/c17-7-5-8(12(18)9(6-7)14(19)20)13-15-10-3-1-2-4-11(10)16-13/h1-6,17-18H,(H,15,16)(H,19,20). The first-order valence-corrected chi connectivity index (χ1v) is 5.80. The highest BCUT2D eigenvalue weighted by molar-refractivity contribution is 5.95. The van der Waals surface area contributed by atoms with Gasteiger partial charge < -0.3 is 20.3 Å². The predicted octanol–water partition coefficient (Wildman–Crippen LogP) is 2.34. The molecule has 1 aromatic heterocycles. The van der Waals surface area contributed by atoms with Gasteiger partial charge in [0.25, 0.3) is 0 Å². The molecule has 20 heavy (non-hydrogen) atoms. The molecule has 3 aromatic rings. The molecule has 2 aromatic carbocycles. The third-order valence-electron chi connectivity index (χ3n) is 2.97. The van der Waals surface area contributed by atoms with E-state index in [0.29, 0.717) is 11.3 Å². The van der Waals surface area contributed by atoms with Crippen molar-refractivity contribution in [3.63, 3.8) is 0 Å². The molecule has 0 bridgehead atoms. The fraction of sp³-hybridized carbons (Fsp3) is 0. The Morgan fingerprint density at radius 2 is 1.90 bits per heavy atom. The number of nitrogens with zero attached hydrogens (tertiary/aromatic N) is 1. The van der Waals surface area contributed by atoms with Crippen molar-refractivity contribution in [1.82, 2.24) is 9.97 Å². The normalized spacial score (nSPS) is 10.8. The van der Waals surface area contributed by atoms with E-state index >= 15 is 0 Å². The van der Waals surface area contributed by atoms with Gasteiger partial charge in [0.05, 0.1) is 16.6 Å². The van der Waals surface area contributed by atoms with Crippen LogP contribution in [0, 0.1) is 0 Å². The van der Waals surface area contributed by atoms with Gasteiger partial charge >= 0.3 is 5.97 Å². The molecule has 6 nitrogen and oxygen atoms in total. The Morgan fingerprint density at radius 1 is 1.15 bits per heavy atom. The topological polar surface area (TPSA) is 106 Å². The molecule has 100 valence electrons. The minimum atomic E-state index is -1.32. The molecule has 0 atom stereocenters. The number of aromatic hydroxyl groups is 2. The molecule has 0 amide bonds. The van der Waals surface area contributed by atoms with Crippen molar-refractivity contribution in [2.75, 3.05) is 0 Å². The van der Waals surface area contributed by atoms with Crippen LogP contribution in [-0.2, 0) is 0 Å². The summed E-state index contributed by atoms with van der Waals surface area (Å²) in [6, 6.07) is 9.49. The molecule has 0 saturated carbocycles. The maximum Gasteiger partial charge on any atom is 0.339 e. The first-order chi connectivity index (χ1) is 9.56. The van der Waals surface area contributed by atoms with Crippen LogP contribution in [0.15, 0.2) is 36.4 Å². The van der Waals surface area contributed by atoms with E-state index in [0.717, 1.165) is 11.6 Å². The van der Waals surface area contributed by atoms with Gasteiger partial charge in [-0.3, -0.25) is 0 Å². The van der Waals surface area contributed by atoms with E-state index in [2.05, 4.69) is 9.97 Å². The molecule has 4 N–H and O–H groups in total. The number of hydrogen-bond donors (Lipinski definition) is 4. The maximum atomic E-state index is 11.0. The SMILES string of the molecule is O=C(O)c1cc(O)cc(-c2nc3ccccc3[nH]2)c1O. The second-order valence-corrected chi connectivity index (χ2v) is 4.30. The number of para-hydroxylation sites is 2. The van der Waals surface area contributed by atoms with E-state index in [-0.39, 0.29) is 16.9 Å². The molecular weight excluding hydrogens is 260 g/mol. The number of aromatic amines is 1. The largest absolute Gasteiger partial charge is 0.508 e. The summed E-state index contributed by atoms with van der Waals surface area (Å²) in [6.45, 7) is 0. The van der Waals surface area contributed by atoms with Gasteiger partial charge in [-0.1, -0.05) is 12.1 Å². The fourth-order valence-electron chi connectivity index (χ4n) is 2.04. The van der Waals surface area contributed by atoms with Crippen molar-refractivity contribution >= 4 is 17.0 Å². The Labute approximate surface area is 113 Å². The highest BCUT2D eigenvalue weighted by Crippen LogP contribution is 2.35. The Hall–Kier alpha value is -3.02. The fourth-order valence-corrected chi connectivity index (χ4v) is 2.04. The van der Waals surface area contributed by atoms with Gasteiger partial charge in [0.2, 0.25) is 0 Å². The number of aromatic nitrogens is 2. The molecule has 3 rings (SSSR count). The average Bonchev–Trinajstić information content (AvgIpc) is 2.84. The lowest BCUT2D eigenvalue weighted by molar-refractivity contribution is 0.0693. The van der Waals surface area contributed by atoms with Gasteiger partial charge in [-0.15, -0.1) is 0 Å². The molecule has 0 aliphatic carbocycles.